The van der Waals surface area contributed by atoms with Gasteiger partial charge >= 0.3 is 12.3 Å². The molecule has 50 heavy (non-hydrogen) atoms. The molecular weight excluding hydrogens is 679 g/mol. The maximum absolute atomic E-state index is 14.3. The lowest BCUT2D eigenvalue weighted by Gasteiger charge is -2.28. The molecule has 0 saturated carbocycles. The average molecular weight is 716 g/mol. The molecule has 0 radical (unpaired) electrons. The molecule has 0 aliphatic carbocycles. The lowest BCUT2D eigenvalue weighted by atomic mass is 10.1. The molecule has 2 aromatic carbocycles. The number of hydrogen-bond donors (Lipinski definition) is 1. The first-order chi connectivity index (χ1) is 23.6. The summed E-state index contributed by atoms with van der Waals surface area (Å²) in [7, 11) is 0. The van der Waals surface area contributed by atoms with E-state index in [1.54, 1.807) is 36.3 Å². The van der Waals surface area contributed by atoms with E-state index in [4.69, 9.17) is 26.1 Å². The van der Waals surface area contributed by atoms with E-state index in [2.05, 4.69) is 10.4 Å². The Labute approximate surface area is 290 Å². The van der Waals surface area contributed by atoms with E-state index in [9.17, 15) is 27.6 Å². The number of ether oxygens (including phenoxy) is 2. The van der Waals surface area contributed by atoms with Crippen molar-refractivity contribution in [3.8, 4) is 17.1 Å². The first kappa shape index (κ1) is 35.1. The van der Waals surface area contributed by atoms with Gasteiger partial charge in [0.2, 0.25) is 11.7 Å². The maximum Gasteiger partial charge on any atom is 0.416 e. The van der Waals surface area contributed by atoms with Crippen LogP contribution in [-0.2, 0) is 35.1 Å². The molecule has 0 bridgehead atoms. The quantitative estimate of drug-likeness (QED) is 0.265. The van der Waals surface area contributed by atoms with Crippen LogP contribution in [-0.4, -0.2) is 74.5 Å². The van der Waals surface area contributed by atoms with Crippen molar-refractivity contribution < 1.29 is 32.2 Å². The molecule has 1 N–H and O–H groups in total. The van der Waals surface area contributed by atoms with Crippen molar-refractivity contribution >= 4 is 40.8 Å². The highest BCUT2D eigenvalue weighted by atomic mass is 35.5. The van der Waals surface area contributed by atoms with Gasteiger partial charge in [0.25, 0.3) is 5.56 Å². The molecule has 2 aromatic heterocycles. The Morgan fingerprint density at radius 2 is 1.84 bits per heavy atom. The standard InChI is InChI=1S/C34H37ClF3N7O5/c1-5-25-28(42-12-6-13-43(15-14-42)32(48)50-33(2,3)4)30(47)45-31(40-29(41-45)21-7-10-26-20(17-21)11-16-49-26)44(25)19-27(46)39-24-9-8-22(18-23(24)35)34(36,37)38/h7-10,17-18H,5-6,11-16,19H2,1-4H3,(H,39,46). The van der Waals surface area contributed by atoms with E-state index in [-0.39, 0.29) is 28.9 Å². The second-order valence-electron chi connectivity index (χ2n) is 13.2. The summed E-state index contributed by atoms with van der Waals surface area (Å²) in [6, 6.07) is 8.21. The second kappa shape index (κ2) is 13.5. The normalized spacial score (nSPS) is 15.1. The number of hydrogen-bond acceptors (Lipinski definition) is 8. The highest BCUT2D eigenvalue weighted by molar-refractivity contribution is 6.33. The summed E-state index contributed by atoms with van der Waals surface area (Å²) in [4.78, 5) is 49.0. The molecule has 4 aromatic rings. The van der Waals surface area contributed by atoms with Crippen LogP contribution in [0.4, 0.5) is 29.3 Å². The van der Waals surface area contributed by atoms with Crippen LogP contribution in [0.3, 0.4) is 0 Å². The molecule has 2 amide bonds. The summed E-state index contributed by atoms with van der Waals surface area (Å²) >= 11 is 6.14. The monoisotopic (exact) mass is 715 g/mol. The predicted molar refractivity (Wildman–Crippen MR) is 181 cm³/mol. The smallest absolute Gasteiger partial charge is 0.416 e. The third kappa shape index (κ3) is 7.23. The van der Waals surface area contributed by atoms with Gasteiger partial charge in [0.05, 0.1) is 28.6 Å². The van der Waals surface area contributed by atoms with E-state index < -0.39 is 34.9 Å². The van der Waals surface area contributed by atoms with Crippen LogP contribution in [0.15, 0.2) is 41.2 Å². The number of anilines is 2. The van der Waals surface area contributed by atoms with Crippen molar-refractivity contribution in [2.75, 3.05) is 43.0 Å². The van der Waals surface area contributed by atoms with E-state index in [1.165, 1.54) is 4.52 Å². The number of halogens is 4. The predicted octanol–water partition coefficient (Wildman–Crippen LogP) is 5.81. The average Bonchev–Trinajstić information content (AvgIpc) is 3.63. The Bertz CT molecular complexity index is 2020. The number of nitrogens with one attached hydrogen (secondary N) is 1. The maximum atomic E-state index is 14.3. The van der Waals surface area contributed by atoms with Gasteiger partial charge in [0, 0.05) is 38.2 Å². The minimum absolute atomic E-state index is 0.00253. The van der Waals surface area contributed by atoms with E-state index in [0.717, 1.165) is 35.9 Å². The van der Waals surface area contributed by atoms with Crippen molar-refractivity contribution in [2.24, 2.45) is 0 Å². The van der Waals surface area contributed by atoms with Crippen LogP contribution in [0.1, 0.15) is 50.9 Å². The Balaban J connectivity index is 1.40. The fraction of sp³-hybridized carbons (Fsp3) is 0.441. The summed E-state index contributed by atoms with van der Waals surface area (Å²) in [6.07, 6.45) is -3.46. The lowest BCUT2D eigenvalue weighted by Crippen LogP contribution is -2.40. The van der Waals surface area contributed by atoms with Gasteiger partial charge in [-0.05, 0) is 75.6 Å². The highest BCUT2D eigenvalue weighted by Gasteiger charge is 2.32. The van der Waals surface area contributed by atoms with Crippen molar-refractivity contribution in [2.45, 2.75) is 65.3 Å². The van der Waals surface area contributed by atoms with Gasteiger partial charge in [-0.25, -0.2) is 4.79 Å². The summed E-state index contributed by atoms with van der Waals surface area (Å²) in [5.74, 6) is 0.543. The van der Waals surface area contributed by atoms with Crippen molar-refractivity contribution in [3.63, 3.8) is 0 Å². The zero-order valence-corrected chi connectivity index (χ0v) is 28.8. The molecular formula is C34H37ClF3N7O5. The molecule has 0 unspecified atom stereocenters. The minimum Gasteiger partial charge on any atom is -0.493 e. The summed E-state index contributed by atoms with van der Waals surface area (Å²) in [6.45, 7) is 8.91. The molecule has 1 fully saturated rings. The third-order valence-corrected chi connectivity index (χ3v) is 8.76. The van der Waals surface area contributed by atoms with Gasteiger partial charge in [-0.2, -0.15) is 22.7 Å². The van der Waals surface area contributed by atoms with Gasteiger partial charge in [0.1, 0.15) is 23.6 Å². The van der Waals surface area contributed by atoms with Gasteiger partial charge in [-0.3, -0.25) is 9.59 Å². The van der Waals surface area contributed by atoms with Gasteiger partial charge in [0.15, 0.2) is 5.82 Å². The number of carbonyl (C=O) groups is 2. The SMILES string of the molecule is CCc1c(N2CCCN(C(=O)OC(C)(C)C)CC2)c(=O)n2nc(-c3ccc4c(c3)CCO4)nc2n1CC(=O)Nc1ccc(C(F)(F)F)cc1Cl. The van der Waals surface area contributed by atoms with Gasteiger partial charge in [-0.1, -0.05) is 18.5 Å². The van der Waals surface area contributed by atoms with Crippen molar-refractivity contribution in [3.05, 3.63) is 68.6 Å². The molecule has 0 atom stereocenters. The molecule has 16 heteroatoms. The number of nitrogens with zero attached hydrogens (tertiary/aromatic N) is 6. The molecule has 0 spiro atoms. The van der Waals surface area contributed by atoms with Crippen LogP contribution in [0.25, 0.3) is 17.2 Å². The second-order valence-corrected chi connectivity index (χ2v) is 13.6. The zero-order valence-electron chi connectivity index (χ0n) is 28.1. The number of carbonyl (C=O) groups excluding carboxylic acids is 2. The number of benzene rings is 2. The first-order valence-corrected chi connectivity index (χ1v) is 16.7. The Morgan fingerprint density at radius 1 is 1.06 bits per heavy atom. The fourth-order valence-electron chi connectivity index (χ4n) is 6.15. The fourth-order valence-corrected chi connectivity index (χ4v) is 6.38. The molecule has 1 saturated heterocycles. The number of fused-ring (bicyclic) bond motifs is 2. The summed E-state index contributed by atoms with van der Waals surface area (Å²) in [5.41, 5.74) is 0.404. The van der Waals surface area contributed by atoms with Gasteiger partial charge in [-0.15, -0.1) is 5.10 Å². The van der Waals surface area contributed by atoms with Crippen LogP contribution in [0.5, 0.6) is 5.75 Å². The lowest BCUT2D eigenvalue weighted by molar-refractivity contribution is -0.137. The van der Waals surface area contributed by atoms with E-state index >= 15 is 0 Å². The van der Waals surface area contributed by atoms with E-state index in [1.807, 2.05) is 24.0 Å². The third-order valence-electron chi connectivity index (χ3n) is 8.44. The molecule has 4 heterocycles. The summed E-state index contributed by atoms with van der Waals surface area (Å²) < 4.78 is 53.6. The molecule has 12 nitrogen and oxygen atoms in total. The Hall–Kier alpha value is -4.79. The number of alkyl halides is 3. The van der Waals surface area contributed by atoms with Crippen LogP contribution in [0, 0.1) is 0 Å². The van der Waals surface area contributed by atoms with Crippen LogP contribution >= 0.6 is 11.6 Å². The number of aromatic nitrogens is 4. The molecule has 266 valence electrons. The van der Waals surface area contributed by atoms with E-state index in [0.29, 0.717) is 62.6 Å². The topological polar surface area (TPSA) is 123 Å². The Morgan fingerprint density at radius 3 is 2.54 bits per heavy atom. The summed E-state index contributed by atoms with van der Waals surface area (Å²) in [5, 5.41) is 6.93. The van der Waals surface area contributed by atoms with Crippen molar-refractivity contribution in [1.82, 2.24) is 24.1 Å². The minimum atomic E-state index is -4.60. The highest BCUT2D eigenvalue weighted by Crippen LogP contribution is 2.34. The molecule has 2 aliphatic heterocycles. The van der Waals surface area contributed by atoms with Crippen LogP contribution in [0.2, 0.25) is 5.02 Å². The van der Waals surface area contributed by atoms with Crippen LogP contribution < -0.4 is 20.5 Å². The largest absolute Gasteiger partial charge is 0.493 e. The number of rotatable bonds is 6. The molecule has 6 rings (SSSR count). The molecule has 2 aliphatic rings. The first-order valence-electron chi connectivity index (χ1n) is 16.3. The van der Waals surface area contributed by atoms with Crippen molar-refractivity contribution in [1.29, 1.82) is 0 Å². The van der Waals surface area contributed by atoms with Gasteiger partial charge < -0.3 is 29.2 Å². The zero-order chi connectivity index (χ0) is 36.0. The number of amides is 2. The Kier molecular flexibility index (Phi) is 9.46.